The van der Waals surface area contributed by atoms with Gasteiger partial charge >= 0.3 is 0 Å². The van der Waals surface area contributed by atoms with Crippen LogP contribution in [0.1, 0.15) is 24.0 Å². The third-order valence-electron chi connectivity index (χ3n) is 7.08. The van der Waals surface area contributed by atoms with Gasteiger partial charge in [0, 0.05) is 52.8 Å². The molecule has 0 saturated heterocycles. The number of hydrogen-bond donors (Lipinski definition) is 1. The molecule has 4 aromatic carbocycles. The fourth-order valence-corrected chi connectivity index (χ4v) is 5.72. The van der Waals surface area contributed by atoms with E-state index in [9.17, 15) is 0 Å². The molecule has 0 aliphatic rings. The van der Waals surface area contributed by atoms with E-state index < -0.39 is 0 Å². The highest BCUT2D eigenvalue weighted by atomic mass is 32.2. The van der Waals surface area contributed by atoms with Gasteiger partial charge in [0.2, 0.25) is 5.52 Å². The van der Waals surface area contributed by atoms with E-state index in [1.807, 2.05) is 0 Å². The molecule has 2 heterocycles. The van der Waals surface area contributed by atoms with E-state index in [1.165, 1.54) is 49.5 Å². The van der Waals surface area contributed by atoms with E-state index in [2.05, 4.69) is 140 Å². The molecule has 0 amide bonds. The molecule has 0 aliphatic heterocycles. The molecule has 0 saturated carbocycles. The first-order valence-electron chi connectivity index (χ1n) is 13.1. The standard InChI is InChI=1S/C33H28N2O3S/c36-37-38-39-23-9-8-21-34-22-20-26(28-12-4-6-14-31(28)34)18-16-25-17-19-33-30(24-25)29-13-5-7-15-32(29)35(33)27-10-2-1-3-11-27/h1-7,10-20,22,24H,8-9,21,23H2/p+1. The predicted molar refractivity (Wildman–Crippen MR) is 160 cm³/mol. The Kier molecular flexibility index (Phi) is 7.70. The molecule has 6 heteroatoms. The van der Waals surface area contributed by atoms with Gasteiger partial charge in [0.1, 0.15) is 6.54 Å². The van der Waals surface area contributed by atoms with Crippen LogP contribution in [0.2, 0.25) is 0 Å². The Bertz CT molecular complexity index is 1760. The smallest absolute Gasteiger partial charge is 0.213 e. The van der Waals surface area contributed by atoms with Crippen molar-refractivity contribution in [3.63, 3.8) is 0 Å². The first kappa shape index (κ1) is 25.3. The lowest BCUT2D eigenvalue weighted by atomic mass is 10.1. The van der Waals surface area contributed by atoms with E-state index in [-0.39, 0.29) is 0 Å². The number of para-hydroxylation sites is 3. The molecule has 6 aromatic rings. The fraction of sp³-hybridized carbons (Fsp3) is 0.121. The van der Waals surface area contributed by atoms with Crippen molar-refractivity contribution < 1.29 is 19.2 Å². The van der Waals surface area contributed by atoms with E-state index >= 15 is 0 Å². The first-order chi connectivity index (χ1) is 19.3. The topological polar surface area (TPSA) is 47.5 Å². The summed E-state index contributed by atoms with van der Waals surface area (Å²) in [6, 6.07) is 36.6. The van der Waals surface area contributed by atoms with Crippen molar-refractivity contribution in [2.24, 2.45) is 0 Å². The van der Waals surface area contributed by atoms with Crippen LogP contribution in [0.5, 0.6) is 0 Å². The normalized spacial score (nSPS) is 11.8. The largest absolute Gasteiger partial charge is 0.309 e. The lowest BCUT2D eigenvalue weighted by Gasteiger charge is -2.07. The van der Waals surface area contributed by atoms with Gasteiger partial charge in [-0.05, 0) is 53.9 Å². The molecule has 0 radical (unpaired) electrons. The number of aryl methyl sites for hydroxylation is 1. The highest BCUT2D eigenvalue weighted by molar-refractivity contribution is 7.94. The summed E-state index contributed by atoms with van der Waals surface area (Å²) in [5.41, 5.74) is 7.17. The van der Waals surface area contributed by atoms with Crippen molar-refractivity contribution in [3.8, 4) is 5.69 Å². The maximum absolute atomic E-state index is 8.24. The summed E-state index contributed by atoms with van der Waals surface area (Å²) in [5.74, 6) is 0.758. The van der Waals surface area contributed by atoms with Crippen molar-refractivity contribution in [3.05, 3.63) is 120 Å². The van der Waals surface area contributed by atoms with Gasteiger partial charge in [0.15, 0.2) is 6.20 Å². The molecular formula is C33H29N2O3S+. The fourth-order valence-electron chi connectivity index (χ4n) is 5.28. The molecule has 0 aliphatic carbocycles. The second-order valence-corrected chi connectivity index (χ2v) is 10.2. The minimum Gasteiger partial charge on any atom is -0.309 e. The van der Waals surface area contributed by atoms with E-state index in [0.717, 1.165) is 37.2 Å². The van der Waals surface area contributed by atoms with Gasteiger partial charge in [-0.1, -0.05) is 71.8 Å². The highest BCUT2D eigenvalue weighted by Crippen LogP contribution is 2.33. The molecule has 0 atom stereocenters. The van der Waals surface area contributed by atoms with E-state index in [1.54, 1.807) is 0 Å². The summed E-state index contributed by atoms with van der Waals surface area (Å²) in [7, 11) is 0. The SMILES string of the molecule is OOOSCCCC[n+]1ccc(C=Cc2ccc3c(c2)c2ccccc2n3-c2ccccc2)c2ccccc21. The van der Waals surface area contributed by atoms with Crippen molar-refractivity contribution in [2.45, 2.75) is 19.4 Å². The van der Waals surface area contributed by atoms with Crippen molar-refractivity contribution in [2.75, 3.05) is 5.75 Å². The Morgan fingerprint density at radius 2 is 1.51 bits per heavy atom. The van der Waals surface area contributed by atoms with Crippen LogP contribution >= 0.6 is 12.0 Å². The lowest BCUT2D eigenvalue weighted by molar-refractivity contribution is -0.671. The van der Waals surface area contributed by atoms with Gasteiger partial charge in [-0.15, -0.1) is 4.33 Å². The zero-order chi connectivity index (χ0) is 26.4. The minimum atomic E-state index is 0.758. The molecule has 0 fully saturated rings. The van der Waals surface area contributed by atoms with Crippen LogP contribution in [-0.2, 0) is 15.9 Å². The van der Waals surface area contributed by atoms with Crippen LogP contribution in [0, 0.1) is 0 Å². The minimum absolute atomic E-state index is 0.758. The maximum Gasteiger partial charge on any atom is 0.213 e. The summed E-state index contributed by atoms with van der Waals surface area (Å²) in [6.07, 6.45) is 8.55. The average molecular weight is 534 g/mol. The van der Waals surface area contributed by atoms with Crippen LogP contribution in [0.3, 0.4) is 0 Å². The van der Waals surface area contributed by atoms with Crippen LogP contribution in [0.25, 0.3) is 50.5 Å². The Morgan fingerprint density at radius 3 is 2.38 bits per heavy atom. The summed E-state index contributed by atoms with van der Waals surface area (Å²) in [6.45, 7) is 0.910. The summed E-state index contributed by atoms with van der Waals surface area (Å²) in [5, 5.41) is 15.6. The third kappa shape index (κ3) is 5.33. The Hall–Kier alpha value is -3.94. The Morgan fingerprint density at radius 1 is 0.744 bits per heavy atom. The number of benzene rings is 4. The molecule has 2 aromatic heterocycles. The molecule has 194 valence electrons. The average Bonchev–Trinajstić information content (AvgIpc) is 3.32. The van der Waals surface area contributed by atoms with Crippen LogP contribution in [-0.4, -0.2) is 15.6 Å². The molecule has 0 spiro atoms. The summed E-state index contributed by atoms with van der Waals surface area (Å²) >= 11 is 1.11. The van der Waals surface area contributed by atoms with Gasteiger partial charge in [-0.25, -0.2) is 5.26 Å². The van der Waals surface area contributed by atoms with E-state index in [4.69, 9.17) is 5.26 Å². The quantitative estimate of drug-likeness (QED) is 0.0633. The number of aromatic nitrogens is 2. The number of rotatable bonds is 10. The number of hydrogen-bond acceptors (Lipinski definition) is 4. The first-order valence-corrected chi connectivity index (χ1v) is 14.0. The second kappa shape index (κ2) is 11.8. The van der Waals surface area contributed by atoms with Crippen LogP contribution in [0.15, 0.2) is 109 Å². The predicted octanol–water partition coefficient (Wildman–Crippen LogP) is 8.24. The van der Waals surface area contributed by atoms with Crippen molar-refractivity contribution in [1.82, 2.24) is 4.57 Å². The Balaban J connectivity index is 1.30. The number of nitrogens with zero attached hydrogens (tertiary/aromatic N) is 2. The summed E-state index contributed by atoms with van der Waals surface area (Å²) < 4.78 is 9.10. The summed E-state index contributed by atoms with van der Waals surface area (Å²) in [4.78, 5) is 0. The monoisotopic (exact) mass is 533 g/mol. The molecule has 5 nitrogen and oxygen atoms in total. The maximum atomic E-state index is 8.24. The van der Waals surface area contributed by atoms with Gasteiger partial charge in [-0.2, -0.15) is 4.57 Å². The number of unbranched alkanes of at least 4 members (excludes halogenated alkanes) is 1. The molecule has 0 bridgehead atoms. The van der Waals surface area contributed by atoms with Gasteiger partial charge < -0.3 is 4.57 Å². The molecular weight excluding hydrogens is 504 g/mol. The van der Waals surface area contributed by atoms with Gasteiger partial charge in [-0.3, -0.25) is 0 Å². The zero-order valence-corrected chi connectivity index (χ0v) is 22.3. The lowest BCUT2D eigenvalue weighted by Crippen LogP contribution is -2.34. The van der Waals surface area contributed by atoms with Crippen LogP contribution < -0.4 is 4.57 Å². The third-order valence-corrected chi connectivity index (χ3v) is 7.69. The van der Waals surface area contributed by atoms with E-state index in [0.29, 0.717) is 0 Å². The molecule has 1 N–H and O–H groups in total. The second-order valence-electron chi connectivity index (χ2n) is 9.45. The zero-order valence-electron chi connectivity index (χ0n) is 21.4. The molecule has 39 heavy (non-hydrogen) atoms. The van der Waals surface area contributed by atoms with Gasteiger partial charge in [0.05, 0.1) is 16.4 Å². The van der Waals surface area contributed by atoms with Crippen molar-refractivity contribution in [1.29, 1.82) is 0 Å². The number of fused-ring (bicyclic) bond motifs is 4. The molecule has 0 unspecified atom stereocenters. The van der Waals surface area contributed by atoms with Crippen LogP contribution in [0.4, 0.5) is 0 Å². The Labute approximate surface area is 231 Å². The highest BCUT2D eigenvalue weighted by Gasteiger charge is 2.13. The van der Waals surface area contributed by atoms with Gasteiger partial charge in [0.25, 0.3) is 0 Å². The molecule has 6 rings (SSSR count). The number of pyridine rings is 1. The van der Waals surface area contributed by atoms with Crippen molar-refractivity contribution >= 4 is 56.9 Å².